The van der Waals surface area contributed by atoms with Crippen LogP contribution < -0.4 is 4.90 Å². The summed E-state index contributed by atoms with van der Waals surface area (Å²) in [4.78, 5) is 19.6. The minimum atomic E-state index is 0.129. The molecule has 4 heteroatoms. The number of para-hydroxylation sites is 1. The van der Waals surface area contributed by atoms with Crippen molar-refractivity contribution in [2.45, 2.75) is 13.3 Å². The van der Waals surface area contributed by atoms with Crippen LogP contribution in [-0.4, -0.2) is 55.5 Å². The second-order valence-corrected chi connectivity index (χ2v) is 6.67. The van der Waals surface area contributed by atoms with Gasteiger partial charge in [0, 0.05) is 37.6 Å². The number of anilines is 2. The van der Waals surface area contributed by atoms with Crippen molar-refractivity contribution in [1.29, 1.82) is 0 Å². The maximum absolute atomic E-state index is 13.2. The van der Waals surface area contributed by atoms with Crippen molar-refractivity contribution in [2.75, 3.05) is 44.7 Å². The highest BCUT2D eigenvalue weighted by Crippen LogP contribution is 2.26. The van der Waals surface area contributed by atoms with Crippen LogP contribution in [0.1, 0.15) is 12.5 Å². The molecular weight excluding hydrogens is 310 g/mol. The molecule has 1 amide bonds. The molecule has 1 aliphatic heterocycles. The molecule has 2 aromatic rings. The standard InChI is InChI=1S/C21H27N3O/c1-3-18-8-7-11-20(16-18)24(19-9-5-4-6-10-19)21(25)17-23-14-12-22(2)13-15-23/h4-11,16H,3,12-15,17H2,1-2H3. The average molecular weight is 337 g/mol. The quantitative estimate of drug-likeness (QED) is 0.838. The maximum Gasteiger partial charge on any atom is 0.245 e. The lowest BCUT2D eigenvalue weighted by Gasteiger charge is -2.33. The maximum atomic E-state index is 13.2. The van der Waals surface area contributed by atoms with E-state index in [-0.39, 0.29) is 5.91 Å². The van der Waals surface area contributed by atoms with E-state index in [1.165, 1.54) is 5.56 Å². The Hall–Kier alpha value is -2.17. The van der Waals surface area contributed by atoms with Crippen LogP contribution in [0.3, 0.4) is 0 Å². The van der Waals surface area contributed by atoms with Gasteiger partial charge in [-0.25, -0.2) is 0 Å². The van der Waals surface area contributed by atoms with Crippen molar-refractivity contribution >= 4 is 17.3 Å². The summed E-state index contributed by atoms with van der Waals surface area (Å²) in [5.41, 5.74) is 3.12. The minimum Gasteiger partial charge on any atom is -0.304 e. The molecule has 1 fully saturated rings. The highest BCUT2D eigenvalue weighted by molar-refractivity contribution is 6.01. The first-order valence-corrected chi connectivity index (χ1v) is 9.05. The Balaban J connectivity index is 1.84. The molecule has 0 aromatic heterocycles. The number of piperazine rings is 1. The van der Waals surface area contributed by atoms with Gasteiger partial charge in [0.25, 0.3) is 0 Å². The Morgan fingerprint density at radius 3 is 2.32 bits per heavy atom. The third kappa shape index (κ3) is 4.47. The minimum absolute atomic E-state index is 0.129. The van der Waals surface area contributed by atoms with Crippen LogP contribution in [-0.2, 0) is 11.2 Å². The Morgan fingerprint density at radius 2 is 1.64 bits per heavy atom. The number of nitrogens with zero attached hydrogens (tertiary/aromatic N) is 3. The molecular formula is C21H27N3O. The van der Waals surface area contributed by atoms with Gasteiger partial charge in [0.05, 0.1) is 6.54 Å². The van der Waals surface area contributed by atoms with Gasteiger partial charge in [0.1, 0.15) is 0 Å². The summed E-state index contributed by atoms with van der Waals surface area (Å²) in [5.74, 6) is 0.129. The summed E-state index contributed by atoms with van der Waals surface area (Å²) in [6.07, 6.45) is 0.961. The van der Waals surface area contributed by atoms with Crippen LogP contribution >= 0.6 is 0 Å². The third-order valence-corrected chi connectivity index (χ3v) is 4.80. The van der Waals surface area contributed by atoms with Crippen LogP contribution in [0.4, 0.5) is 11.4 Å². The molecule has 2 aromatic carbocycles. The second-order valence-electron chi connectivity index (χ2n) is 6.67. The van der Waals surface area contributed by atoms with Crippen molar-refractivity contribution in [1.82, 2.24) is 9.80 Å². The molecule has 25 heavy (non-hydrogen) atoms. The van der Waals surface area contributed by atoms with E-state index in [2.05, 4.69) is 35.9 Å². The SMILES string of the molecule is CCc1cccc(N(C(=O)CN2CCN(C)CC2)c2ccccc2)c1. The van der Waals surface area contributed by atoms with E-state index in [0.717, 1.165) is 44.0 Å². The number of hydrogen-bond donors (Lipinski definition) is 0. The number of rotatable bonds is 5. The largest absolute Gasteiger partial charge is 0.304 e. The van der Waals surface area contributed by atoms with Crippen molar-refractivity contribution in [3.8, 4) is 0 Å². The van der Waals surface area contributed by atoms with Gasteiger partial charge in [0.15, 0.2) is 0 Å². The van der Waals surface area contributed by atoms with E-state index in [4.69, 9.17) is 0 Å². The fraction of sp³-hybridized carbons (Fsp3) is 0.381. The predicted octanol–water partition coefficient (Wildman–Crippen LogP) is 3.16. The smallest absolute Gasteiger partial charge is 0.245 e. The van der Waals surface area contributed by atoms with E-state index >= 15 is 0 Å². The topological polar surface area (TPSA) is 26.8 Å². The number of aryl methyl sites for hydroxylation is 1. The molecule has 132 valence electrons. The lowest BCUT2D eigenvalue weighted by atomic mass is 10.1. The Labute approximate surface area is 150 Å². The van der Waals surface area contributed by atoms with Crippen LogP contribution in [0, 0.1) is 0 Å². The molecule has 3 rings (SSSR count). The molecule has 1 saturated heterocycles. The first-order valence-electron chi connectivity index (χ1n) is 9.05. The van der Waals surface area contributed by atoms with Crippen molar-refractivity contribution < 1.29 is 4.79 Å². The molecule has 1 heterocycles. The second kappa shape index (κ2) is 8.28. The number of likely N-dealkylation sites (N-methyl/N-ethyl adjacent to an activating group) is 1. The molecule has 0 radical (unpaired) electrons. The van der Waals surface area contributed by atoms with E-state index in [0.29, 0.717) is 6.54 Å². The third-order valence-electron chi connectivity index (χ3n) is 4.80. The van der Waals surface area contributed by atoms with Crippen LogP contribution in [0.5, 0.6) is 0 Å². The Kier molecular flexibility index (Phi) is 5.84. The summed E-state index contributed by atoms with van der Waals surface area (Å²) < 4.78 is 0. The van der Waals surface area contributed by atoms with Gasteiger partial charge < -0.3 is 4.90 Å². The molecule has 0 aliphatic carbocycles. The lowest BCUT2D eigenvalue weighted by molar-refractivity contribution is -0.119. The van der Waals surface area contributed by atoms with Gasteiger partial charge in [-0.3, -0.25) is 14.6 Å². The molecule has 4 nitrogen and oxygen atoms in total. The Morgan fingerprint density at radius 1 is 0.960 bits per heavy atom. The van der Waals surface area contributed by atoms with Gasteiger partial charge in [-0.2, -0.15) is 0 Å². The summed E-state index contributed by atoms with van der Waals surface area (Å²) in [6.45, 7) is 6.52. The van der Waals surface area contributed by atoms with Gasteiger partial charge >= 0.3 is 0 Å². The van der Waals surface area contributed by atoms with Crippen LogP contribution in [0.15, 0.2) is 54.6 Å². The zero-order valence-electron chi connectivity index (χ0n) is 15.2. The van der Waals surface area contributed by atoms with Gasteiger partial charge in [0.2, 0.25) is 5.91 Å². The highest BCUT2D eigenvalue weighted by atomic mass is 16.2. The van der Waals surface area contributed by atoms with Gasteiger partial charge in [-0.1, -0.05) is 37.3 Å². The van der Waals surface area contributed by atoms with Crippen molar-refractivity contribution in [3.05, 3.63) is 60.2 Å². The fourth-order valence-corrected chi connectivity index (χ4v) is 3.20. The molecule has 0 atom stereocenters. The van der Waals surface area contributed by atoms with E-state index in [1.807, 2.05) is 47.4 Å². The van der Waals surface area contributed by atoms with E-state index in [1.54, 1.807) is 0 Å². The summed E-state index contributed by atoms with van der Waals surface area (Å²) >= 11 is 0. The van der Waals surface area contributed by atoms with E-state index < -0.39 is 0 Å². The number of hydrogen-bond acceptors (Lipinski definition) is 3. The monoisotopic (exact) mass is 337 g/mol. The number of benzene rings is 2. The first-order chi connectivity index (χ1) is 12.2. The zero-order valence-corrected chi connectivity index (χ0v) is 15.2. The summed E-state index contributed by atoms with van der Waals surface area (Å²) in [7, 11) is 2.13. The predicted molar refractivity (Wildman–Crippen MR) is 103 cm³/mol. The summed E-state index contributed by atoms with van der Waals surface area (Å²) in [5, 5.41) is 0. The fourth-order valence-electron chi connectivity index (χ4n) is 3.20. The normalized spacial score (nSPS) is 15.9. The average Bonchev–Trinajstić information content (AvgIpc) is 2.65. The molecule has 0 spiro atoms. The molecule has 0 unspecified atom stereocenters. The Bertz CT molecular complexity index is 693. The van der Waals surface area contributed by atoms with Gasteiger partial charge in [-0.05, 0) is 43.3 Å². The van der Waals surface area contributed by atoms with E-state index in [9.17, 15) is 4.79 Å². The number of amides is 1. The number of carbonyl (C=O) groups is 1. The van der Waals surface area contributed by atoms with Crippen molar-refractivity contribution in [2.24, 2.45) is 0 Å². The highest BCUT2D eigenvalue weighted by Gasteiger charge is 2.22. The molecule has 0 N–H and O–H groups in total. The number of carbonyl (C=O) groups excluding carboxylic acids is 1. The van der Waals surface area contributed by atoms with Gasteiger partial charge in [-0.15, -0.1) is 0 Å². The lowest BCUT2D eigenvalue weighted by Crippen LogP contribution is -2.48. The molecule has 1 aliphatic rings. The van der Waals surface area contributed by atoms with Crippen LogP contribution in [0.25, 0.3) is 0 Å². The molecule has 0 bridgehead atoms. The molecule has 0 saturated carbocycles. The van der Waals surface area contributed by atoms with Crippen LogP contribution in [0.2, 0.25) is 0 Å². The van der Waals surface area contributed by atoms with Crippen molar-refractivity contribution in [3.63, 3.8) is 0 Å². The zero-order chi connectivity index (χ0) is 17.6. The summed E-state index contributed by atoms with van der Waals surface area (Å²) in [6, 6.07) is 18.2. The first kappa shape index (κ1) is 17.6.